The van der Waals surface area contributed by atoms with Gasteiger partial charge < -0.3 is 15.6 Å². The zero-order valence-corrected chi connectivity index (χ0v) is 15.7. The minimum Gasteiger partial charge on any atom is -0.491 e. The molecule has 3 nitrogen and oxygen atoms in total. The first-order chi connectivity index (χ1) is 11.2. The summed E-state index contributed by atoms with van der Waals surface area (Å²) in [5.74, 6) is 0.696. The minimum absolute atomic E-state index is 0.271. The largest absolute Gasteiger partial charge is 0.491 e. The maximum absolute atomic E-state index is 9.31. The van der Waals surface area contributed by atoms with Gasteiger partial charge in [-0.25, -0.2) is 0 Å². The van der Waals surface area contributed by atoms with Crippen LogP contribution in [0.4, 0.5) is 5.69 Å². The Balaban J connectivity index is 2.32. The lowest BCUT2D eigenvalue weighted by atomic mass is 9.86. The molecule has 1 atom stereocenters. The van der Waals surface area contributed by atoms with Crippen molar-refractivity contribution in [3.05, 3.63) is 57.1 Å². The van der Waals surface area contributed by atoms with Crippen LogP contribution in [-0.2, 0) is 6.42 Å². The molecule has 0 bridgehead atoms. The standard InChI is InChI=1S/C21H29NO2/c1-12(23)11-24-19-8-7-18(21(22)10-19)9-20-16(5)14(3)13(2)15(4)17(20)6/h7-8,10,12,23H,9,11,22H2,1-6H3/t12-/m1/s1. The fraction of sp³-hybridized carbons (Fsp3) is 0.429. The van der Waals surface area contributed by atoms with Crippen molar-refractivity contribution < 1.29 is 9.84 Å². The van der Waals surface area contributed by atoms with E-state index in [4.69, 9.17) is 10.5 Å². The number of anilines is 1. The lowest BCUT2D eigenvalue weighted by Crippen LogP contribution is -2.13. The summed E-state index contributed by atoms with van der Waals surface area (Å²) in [6.07, 6.45) is 0.331. The van der Waals surface area contributed by atoms with Gasteiger partial charge in [0.2, 0.25) is 0 Å². The molecule has 24 heavy (non-hydrogen) atoms. The predicted octanol–water partition coefficient (Wildman–Crippen LogP) is 4.16. The van der Waals surface area contributed by atoms with Gasteiger partial charge in [-0.2, -0.15) is 0 Å². The summed E-state index contributed by atoms with van der Waals surface area (Å²) >= 11 is 0. The van der Waals surface area contributed by atoms with E-state index >= 15 is 0 Å². The Kier molecular flexibility index (Phi) is 5.55. The predicted molar refractivity (Wildman–Crippen MR) is 101 cm³/mol. The molecule has 3 N–H and O–H groups in total. The van der Waals surface area contributed by atoms with E-state index in [-0.39, 0.29) is 6.61 Å². The SMILES string of the molecule is Cc1c(C)c(C)c(Cc2ccc(OC[C@@H](C)O)cc2N)c(C)c1C. The molecule has 0 radical (unpaired) electrons. The van der Waals surface area contributed by atoms with Gasteiger partial charge >= 0.3 is 0 Å². The van der Waals surface area contributed by atoms with E-state index in [1.54, 1.807) is 6.92 Å². The van der Waals surface area contributed by atoms with Crippen LogP contribution in [0.5, 0.6) is 5.75 Å². The van der Waals surface area contributed by atoms with Crippen molar-refractivity contribution in [1.82, 2.24) is 0 Å². The first kappa shape index (κ1) is 18.3. The van der Waals surface area contributed by atoms with Crippen molar-refractivity contribution >= 4 is 5.69 Å². The van der Waals surface area contributed by atoms with Crippen molar-refractivity contribution in [2.24, 2.45) is 0 Å². The van der Waals surface area contributed by atoms with Crippen LogP contribution in [0, 0.1) is 34.6 Å². The molecule has 0 amide bonds. The van der Waals surface area contributed by atoms with Crippen LogP contribution in [0.3, 0.4) is 0 Å². The number of nitrogen functional groups attached to an aromatic ring is 1. The molecule has 0 aliphatic rings. The third kappa shape index (κ3) is 3.73. The van der Waals surface area contributed by atoms with Crippen molar-refractivity contribution in [3.8, 4) is 5.75 Å². The third-order valence-electron chi connectivity index (χ3n) is 5.13. The highest BCUT2D eigenvalue weighted by molar-refractivity contribution is 5.56. The smallest absolute Gasteiger partial charge is 0.121 e. The zero-order valence-electron chi connectivity index (χ0n) is 15.7. The Labute approximate surface area is 145 Å². The third-order valence-corrected chi connectivity index (χ3v) is 5.13. The molecular formula is C21H29NO2. The Morgan fingerprint density at radius 2 is 1.50 bits per heavy atom. The highest BCUT2D eigenvalue weighted by atomic mass is 16.5. The van der Waals surface area contributed by atoms with Crippen LogP contribution < -0.4 is 10.5 Å². The van der Waals surface area contributed by atoms with Gasteiger partial charge in [-0.1, -0.05) is 6.07 Å². The average molecular weight is 327 g/mol. The van der Waals surface area contributed by atoms with Crippen molar-refractivity contribution in [1.29, 1.82) is 0 Å². The molecule has 130 valence electrons. The van der Waals surface area contributed by atoms with Crippen molar-refractivity contribution in [2.45, 2.75) is 54.1 Å². The van der Waals surface area contributed by atoms with E-state index in [1.165, 1.54) is 33.4 Å². The first-order valence-electron chi connectivity index (χ1n) is 8.47. The molecule has 0 saturated heterocycles. The second-order valence-corrected chi connectivity index (χ2v) is 6.80. The quantitative estimate of drug-likeness (QED) is 0.811. The average Bonchev–Trinajstić information content (AvgIpc) is 2.54. The summed E-state index contributed by atoms with van der Waals surface area (Å²) in [4.78, 5) is 0. The molecule has 2 aromatic carbocycles. The van der Waals surface area contributed by atoms with Gasteiger partial charge in [0.25, 0.3) is 0 Å². The molecule has 0 spiro atoms. The summed E-state index contributed by atoms with van der Waals surface area (Å²) in [5, 5.41) is 9.31. The second-order valence-electron chi connectivity index (χ2n) is 6.80. The van der Waals surface area contributed by atoms with E-state index in [0.717, 1.165) is 17.7 Å². The second kappa shape index (κ2) is 7.27. The Hall–Kier alpha value is -2.00. The Morgan fingerprint density at radius 1 is 0.958 bits per heavy atom. The maximum Gasteiger partial charge on any atom is 0.121 e. The van der Waals surface area contributed by atoms with E-state index < -0.39 is 6.10 Å². The summed E-state index contributed by atoms with van der Waals surface area (Å²) < 4.78 is 5.52. The normalized spacial score (nSPS) is 12.3. The van der Waals surface area contributed by atoms with Gasteiger partial charge in [-0.05, 0) is 86.6 Å². The molecular weight excluding hydrogens is 298 g/mol. The van der Waals surface area contributed by atoms with Crippen LogP contribution in [0.15, 0.2) is 18.2 Å². The van der Waals surface area contributed by atoms with Gasteiger partial charge in [0.15, 0.2) is 0 Å². The summed E-state index contributed by atoms with van der Waals surface area (Å²) in [7, 11) is 0. The highest BCUT2D eigenvalue weighted by Gasteiger charge is 2.14. The maximum atomic E-state index is 9.31. The lowest BCUT2D eigenvalue weighted by molar-refractivity contribution is 0.123. The number of ether oxygens (including phenoxy) is 1. The summed E-state index contributed by atoms with van der Waals surface area (Å²) in [6.45, 7) is 12.9. The van der Waals surface area contributed by atoms with Gasteiger partial charge in [0.05, 0.1) is 6.10 Å². The molecule has 2 aromatic rings. The molecule has 0 fully saturated rings. The molecule has 3 heteroatoms. The topological polar surface area (TPSA) is 55.5 Å². The number of aliphatic hydroxyl groups is 1. The monoisotopic (exact) mass is 327 g/mol. The summed E-state index contributed by atoms with van der Waals surface area (Å²) in [6, 6.07) is 5.79. The van der Waals surface area contributed by atoms with E-state index in [9.17, 15) is 5.11 Å². The molecule has 0 heterocycles. The number of hydrogen-bond acceptors (Lipinski definition) is 3. The number of benzene rings is 2. The van der Waals surface area contributed by atoms with Crippen LogP contribution >= 0.6 is 0 Å². The highest BCUT2D eigenvalue weighted by Crippen LogP contribution is 2.30. The fourth-order valence-corrected chi connectivity index (χ4v) is 3.07. The molecule has 0 unspecified atom stereocenters. The van der Waals surface area contributed by atoms with Gasteiger partial charge in [-0.3, -0.25) is 0 Å². The molecule has 2 rings (SSSR count). The van der Waals surface area contributed by atoms with Gasteiger partial charge in [0, 0.05) is 18.2 Å². The number of nitrogens with two attached hydrogens (primary N) is 1. The van der Waals surface area contributed by atoms with Gasteiger partial charge in [0.1, 0.15) is 12.4 Å². The number of rotatable bonds is 5. The van der Waals surface area contributed by atoms with E-state index in [1.807, 2.05) is 18.2 Å². The molecule has 0 saturated carbocycles. The summed E-state index contributed by atoms with van der Waals surface area (Å²) in [5.41, 5.74) is 16.2. The van der Waals surface area contributed by atoms with E-state index in [2.05, 4.69) is 34.6 Å². The first-order valence-corrected chi connectivity index (χ1v) is 8.47. The Morgan fingerprint density at radius 3 is 2.00 bits per heavy atom. The fourth-order valence-electron chi connectivity index (χ4n) is 3.07. The number of hydrogen-bond donors (Lipinski definition) is 2. The van der Waals surface area contributed by atoms with Crippen LogP contribution in [0.2, 0.25) is 0 Å². The Bertz CT molecular complexity index is 719. The van der Waals surface area contributed by atoms with Crippen LogP contribution in [-0.4, -0.2) is 17.8 Å². The molecule has 0 aromatic heterocycles. The van der Waals surface area contributed by atoms with Crippen LogP contribution in [0.1, 0.15) is 45.9 Å². The zero-order chi connectivity index (χ0) is 18.0. The molecule has 0 aliphatic carbocycles. The number of aliphatic hydroxyl groups excluding tert-OH is 1. The van der Waals surface area contributed by atoms with E-state index in [0.29, 0.717) is 5.75 Å². The minimum atomic E-state index is -0.491. The van der Waals surface area contributed by atoms with Crippen LogP contribution in [0.25, 0.3) is 0 Å². The van der Waals surface area contributed by atoms with Crippen molar-refractivity contribution in [3.63, 3.8) is 0 Å². The van der Waals surface area contributed by atoms with Crippen molar-refractivity contribution in [2.75, 3.05) is 12.3 Å². The molecule has 0 aliphatic heterocycles. The van der Waals surface area contributed by atoms with Gasteiger partial charge in [-0.15, -0.1) is 0 Å². The lowest BCUT2D eigenvalue weighted by Gasteiger charge is -2.19.